The Bertz CT molecular complexity index is 1120. The summed E-state index contributed by atoms with van der Waals surface area (Å²) in [5.74, 6) is 0.127. The number of hydrogen-bond donors (Lipinski definition) is 1. The molecule has 33 heavy (non-hydrogen) atoms. The van der Waals surface area contributed by atoms with Crippen molar-refractivity contribution < 1.29 is 27.8 Å². The van der Waals surface area contributed by atoms with Crippen molar-refractivity contribution >= 4 is 28.8 Å². The summed E-state index contributed by atoms with van der Waals surface area (Å²) in [5.41, 5.74) is 1.44. The highest BCUT2D eigenvalue weighted by Gasteiger charge is 2.35. The molecule has 1 aromatic heterocycles. The van der Waals surface area contributed by atoms with Gasteiger partial charge in [0.05, 0.1) is 12.0 Å². The van der Waals surface area contributed by atoms with Gasteiger partial charge in [0.15, 0.2) is 0 Å². The highest BCUT2D eigenvalue weighted by atomic mass is 32.1. The van der Waals surface area contributed by atoms with Crippen LogP contribution in [0.25, 0.3) is 11.1 Å². The average Bonchev–Trinajstić information content (AvgIpc) is 3.52. The van der Waals surface area contributed by atoms with E-state index in [4.69, 9.17) is 4.74 Å². The number of nitrogens with zero attached hydrogens (tertiary/aromatic N) is 1. The normalized spacial score (nSPS) is 15.5. The van der Waals surface area contributed by atoms with Crippen molar-refractivity contribution in [1.82, 2.24) is 4.90 Å². The maximum atomic E-state index is 13.0. The molecule has 2 amide bonds. The zero-order valence-corrected chi connectivity index (χ0v) is 18.6. The van der Waals surface area contributed by atoms with Crippen LogP contribution in [0.4, 0.5) is 14.5 Å². The van der Waals surface area contributed by atoms with Crippen molar-refractivity contribution in [2.45, 2.75) is 25.5 Å². The number of rotatable bonds is 7. The molecule has 1 N–H and O–H groups in total. The molecule has 4 rings (SSSR count). The fourth-order valence-electron chi connectivity index (χ4n) is 3.85. The van der Waals surface area contributed by atoms with Crippen molar-refractivity contribution in [3.05, 3.63) is 64.9 Å². The lowest BCUT2D eigenvalue weighted by Crippen LogP contribution is -2.42. The minimum Gasteiger partial charge on any atom is -0.497 e. The van der Waals surface area contributed by atoms with Crippen LogP contribution in [0.5, 0.6) is 11.5 Å². The molecular weight excluding hydrogens is 450 g/mol. The van der Waals surface area contributed by atoms with Crippen LogP contribution >= 0.6 is 11.3 Å². The number of methoxy groups -OCH3 is 1. The number of likely N-dealkylation sites (tertiary alicyclic amines) is 1. The number of carbonyl (C=O) groups is 2. The van der Waals surface area contributed by atoms with Crippen LogP contribution in [-0.4, -0.2) is 43.0 Å². The first-order valence-corrected chi connectivity index (χ1v) is 11.2. The molecule has 0 spiro atoms. The molecule has 1 atom stereocenters. The molecule has 1 fully saturated rings. The molecule has 1 unspecified atom stereocenters. The molecule has 1 aliphatic rings. The fourth-order valence-corrected chi connectivity index (χ4v) is 4.53. The van der Waals surface area contributed by atoms with Gasteiger partial charge < -0.3 is 19.7 Å². The molecule has 1 saturated heterocycles. The zero-order valence-electron chi connectivity index (χ0n) is 17.8. The van der Waals surface area contributed by atoms with Gasteiger partial charge in [0.2, 0.25) is 5.91 Å². The van der Waals surface area contributed by atoms with E-state index in [-0.39, 0.29) is 17.6 Å². The first kappa shape index (κ1) is 22.7. The third kappa shape index (κ3) is 5.14. The summed E-state index contributed by atoms with van der Waals surface area (Å²) >= 11 is 1.34. The Labute approximate surface area is 193 Å². The Hall–Kier alpha value is -3.46. The summed E-state index contributed by atoms with van der Waals surface area (Å²) in [6.45, 7) is -2.48. The number of nitrogens with one attached hydrogen (secondary N) is 1. The van der Waals surface area contributed by atoms with E-state index < -0.39 is 12.7 Å². The number of ether oxygens (including phenoxy) is 2. The first-order chi connectivity index (χ1) is 16.0. The van der Waals surface area contributed by atoms with Crippen molar-refractivity contribution in [1.29, 1.82) is 0 Å². The maximum absolute atomic E-state index is 13.0. The van der Waals surface area contributed by atoms with Crippen LogP contribution in [0, 0.1) is 0 Å². The topological polar surface area (TPSA) is 67.9 Å². The molecule has 0 bridgehead atoms. The van der Waals surface area contributed by atoms with Gasteiger partial charge in [-0.25, -0.2) is 0 Å². The summed E-state index contributed by atoms with van der Waals surface area (Å²) in [4.78, 5) is 28.0. The van der Waals surface area contributed by atoms with E-state index >= 15 is 0 Å². The smallest absolute Gasteiger partial charge is 0.387 e. The van der Waals surface area contributed by atoms with Crippen LogP contribution in [0.1, 0.15) is 22.5 Å². The van der Waals surface area contributed by atoms with E-state index in [2.05, 4.69) is 10.1 Å². The quantitative estimate of drug-likeness (QED) is 0.509. The molecule has 0 aliphatic carbocycles. The van der Waals surface area contributed by atoms with Gasteiger partial charge in [-0.2, -0.15) is 8.78 Å². The summed E-state index contributed by atoms with van der Waals surface area (Å²) < 4.78 is 35.7. The van der Waals surface area contributed by atoms with Crippen LogP contribution in [0.2, 0.25) is 0 Å². The van der Waals surface area contributed by atoms with E-state index in [1.165, 1.54) is 30.6 Å². The van der Waals surface area contributed by atoms with Crippen molar-refractivity contribution in [3.63, 3.8) is 0 Å². The van der Waals surface area contributed by atoms with E-state index in [0.717, 1.165) is 6.42 Å². The van der Waals surface area contributed by atoms with Crippen LogP contribution in [0.3, 0.4) is 0 Å². The summed E-state index contributed by atoms with van der Waals surface area (Å²) in [7, 11) is 1.53. The van der Waals surface area contributed by atoms with Gasteiger partial charge in [0, 0.05) is 17.8 Å². The Morgan fingerprint density at radius 2 is 1.94 bits per heavy atom. The molecule has 9 heteroatoms. The Kier molecular flexibility index (Phi) is 6.88. The summed E-state index contributed by atoms with van der Waals surface area (Å²) in [6, 6.07) is 14.3. The van der Waals surface area contributed by atoms with Gasteiger partial charge in [-0.1, -0.05) is 18.2 Å². The van der Waals surface area contributed by atoms with Gasteiger partial charge in [-0.05, 0) is 60.2 Å². The standard InChI is InChI=1S/C24H22F2N2O4S/c1-31-17-9-6-15(7-10-17)18-14-16(8-11-20(18)32-24(25)26)27-22(29)19-4-2-12-28(19)23(30)21-5-3-13-33-21/h3,5-11,13-14,19,24H,2,4,12H2,1H3,(H,27,29). The van der Waals surface area contributed by atoms with Gasteiger partial charge in [-0.15, -0.1) is 11.3 Å². The van der Waals surface area contributed by atoms with Gasteiger partial charge in [-0.3, -0.25) is 9.59 Å². The van der Waals surface area contributed by atoms with Gasteiger partial charge in [0.1, 0.15) is 17.5 Å². The second-order valence-corrected chi connectivity index (χ2v) is 8.39. The van der Waals surface area contributed by atoms with E-state index in [0.29, 0.717) is 40.4 Å². The average molecular weight is 473 g/mol. The summed E-state index contributed by atoms with van der Waals surface area (Å²) in [6.07, 6.45) is 1.29. The second-order valence-electron chi connectivity index (χ2n) is 7.44. The molecule has 2 aromatic carbocycles. The SMILES string of the molecule is COc1ccc(-c2cc(NC(=O)C3CCCN3C(=O)c3cccs3)ccc2OC(F)F)cc1. The Morgan fingerprint density at radius 3 is 2.61 bits per heavy atom. The predicted molar refractivity (Wildman–Crippen MR) is 122 cm³/mol. The number of alkyl halides is 2. The Balaban J connectivity index is 1.57. The molecule has 172 valence electrons. The van der Waals surface area contributed by atoms with Crippen LogP contribution < -0.4 is 14.8 Å². The lowest BCUT2D eigenvalue weighted by molar-refractivity contribution is -0.119. The second kappa shape index (κ2) is 9.99. The number of hydrogen-bond acceptors (Lipinski definition) is 5. The third-order valence-corrected chi connectivity index (χ3v) is 6.27. The van der Waals surface area contributed by atoms with Crippen molar-refractivity contribution in [2.24, 2.45) is 0 Å². The molecule has 2 heterocycles. The predicted octanol–water partition coefficient (Wildman–Crippen LogP) is 5.27. The molecule has 0 saturated carbocycles. The minimum atomic E-state index is -2.99. The molecule has 1 aliphatic heterocycles. The fraction of sp³-hybridized carbons (Fsp3) is 0.250. The number of benzene rings is 2. The van der Waals surface area contributed by atoms with Crippen LogP contribution in [-0.2, 0) is 4.79 Å². The number of halogens is 2. The largest absolute Gasteiger partial charge is 0.497 e. The molecule has 0 radical (unpaired) electrons. The first-order valence-electron chi connectivity index (χ1n) is 10.3. The highest BCUT2D eigenvalue weighted by Crippen LogP contribution is 2.35. The molecular formula is C24H22F2N2O4S. The van der Waals surface area contributed by atoms with Crippen molar-refractivity contribution in [3.8, 4) is 22.6 Å². The van der Waals surface area contributed by atoms with E-state index in [1.54, 1.807) is 47.4 Å². The van der Waals surface area contributed by atoms with Gasteiger partial charge >= 0.3 is 6.61 Å². The monoisotopic (exact) mass is 472 g/mol. The Morgan fingerprint density at radius 1 is 1.15 bits per heavy atom. The van der Waals surface area contributed by atoms with E-state index in [1.807, 2.05) is 5.38 Å². The number of anilines is 1. The molecule has 6 nitrogen and oxygen atoms in total. The highest BCUT2D eigenvalue weighted by molar-refractivity contribution is 7.12. The van der Waals surface area contributed by atoms with Crippen LogP contribution in [0.15, 0.2) is 60.0 Å². The van der Waals surface area contributed by atoms with Gasteiger partial charge in [0.25, 0.3) is 5.91 Å². The zero-order chi connectivity index (χ0) is 23.4. The minimum absolute atomic E-state index is 0.0106. The third-order valence-electron chi connectivity index (χ3n) is 5.41. The van der Waals surface area contributed by atoms with E-state index in [9.17, 15) is 18.4 Å². The maximum Gasteiger partial charge on any atom is 0.387 e. The number of amides is 2. The lowest BCUT2D eigenvalue weighted by Gasteiger charge is -2.23. The van der Waals surface area contributed by atoms with Crippen molar-refractivity contribution in [2.75, 3.05) is 19.0 Å². The summed E-state index contributed by atoms with van der Waals surface area (Å²) in [5, 5.41) is 4.65. The lowest BCUT2D eigenvalue weighted by atomic mass is 10.0. The number of thiophene rings is 1. The number of carbonyl (C=O) groups excluding carboxylic acids is 2. The molecule has 3 aromatic rings.